The summed E-state index contributed by atoms with van der Waals surface area (Å²) in [7, 11) is -4.20. The van der Waals surface area contributed by atoms with Gasteiger partial charge in [-0.2, -0.15) is 5.10 Å². The molecule has 0 saturated carbocycles. The van der Waals surface area contributed by atoms with Crippen molar-refractivity contribution in [2.24, 2.45) is 0 Å². The van der Waals surface area contributed by atoms with Crippen LogP contribution in [0.4, 0.5) is 14.6 Å². The van der Waals surface area contributed by atoms with E-state index in [4.69, 9.17) is 0 Å². The first kappa shape index (κ1) is 17.6. The predicted molar refractivity (Wildman–Crippen MR) is 92.6 cm³/mol. The second kappa shape index (κ2) is 6.93. The molecule has 1 aromatic heterocycles. The van der Waals surface area contributed by atoms with E-state index in [-0.39, 0.29) is 5.82 Å². The summed E-state index contributed by atoms with van der Waals surface area (Å²) in [5, 5.41) is 4.10. The summed E-state index contributed by atoms with van der Waals surface area (Å²) < 4.78 is 55.7. The summed E-state index contributed by atoms with van der Waals surface area (Å²) in [6.45, 7) is 0.444. The molecule has 0 aliphatic rings. The molecule has 3 rings (SSSR count). The third-order valence-corrected chi connectivity index (χ3v) is 5.24. The number of anilines is 1. The van der Waals surface area contributed by atoms with Crippen LogP contribution in [0.1, 0.15) is 5.56 Å². The monoisotopic (exact) mass is 427 g/mol. The van der Waals surface area contributed by atoms with Crippen molar-refractivity contribution in [2.75, 3.05) is 4.72 Å². The standard InChI is InChI=1S/C16H12BrF2N3O2S/c17-12-3-1-11(2-4-12)10-22-8-7-16(20-22)21-25(23,24)15-6-5-13(18)9-14(15)19/h1-9H,10H2,(H,20,21). The first-order valence-corrected chi connectivity index (χ1v) is 9.37. The van der Waals surface area contributed by atoms with Gasteiger partial charge in [-0.05, 0) is 29.8 Å². The molecule has 0 radical (unpaired) electrons. The average molecular weight is 428 g/mol. The van der Waals surface area contributed by atoms with Crippen LogP contribution in [0.3, 0.4) is 0 Å². The fourth-order valence-electron chi connectivity index (χ4n) is 2.17. The summed E-state index contributed by atoms with van der Waals surface area (Å²) in [4.78, 5) is -0.642. The lowest BCUT2D eigenvalue weighted by atomic mass is 10.2. The van der Waals surface area contributed by atoms with E-state index in [9.17, 15) is 17.2 Å². The highest BCUT2D eigenvalue weighted by Gasteiger charge is 2.20. The SMILES string of the molecule is O=S(=O)(Nc1ccn(Cc2ccc(Br)cc2)n1)c1ccc(F)cc1F. The second-order valence-corrected chi connectivity index (χ2v) is 7.77. The Balaban J connectivity index is 1.77. The van der Waals surface area contributed by atoms with Crippen LogP contribution < -0.4 is 4.72 Å². The topological polar surface area (TPSA) is 64.0 Å². The highest BCUT2D eigenvalue weighted by atomic mass is 79.9. The molecule has 5 nitrogen and oxygen atoms in total. The number of rotatable bonds is 5. The predicted octanol–water partition coefficient (Wildman–Crippen LogP) is 3.77. The van der Waals surface area contributed by atoms with E-state index < -0.39 is 26.6 Å². The normalized spacial score (nSPS) is 11.5. The Morgan fingerprint density at radius 2 is 1.80 bits per heavy atom. The van der Waals surface area contributed by atoms with E-state index >= 15 is 0 Å². The Hall–Kier alpha value is -2.26. The third-order valence-electron chi connectivity index (χ3n) is 3.32. The van der Waals surface area contributed by atoms with Crippen LogP contribution in [-0.4, -0.2) is 18.2 Å². The lowest BCUT2D eigenvalue weighted by molar-refractivity contribution is 0.551. The van der Waals surface area contributed by atoms with Crippen molar-refractivity contribution < 1.29 is 17.2 Å². The fraction of sp³-hybridized carbons (Fsp3) is 0.0625. The van der Waals surface area contributed by atoms with E-state index in [0.717, 1.165) is 22.2 Å². The average Bonchev–Trinajstić information content (AvgIpc) is 2.95. The Kier molecular flexibility index (Phi) is 4.87. The molecule has 0 spiro atoms. The molecule has 0 saturated heterocycles. The number of hydrogen-bond donors (Lipinski definition) is 1. The van der Waals surface area contributed by atoms with Crippen molar-refractivity contribution in [3.63, 3.8) is 0 Å². The van der Waals surface area contributed by atoms with E-state index in [1.54, 1.807) is 10.9 Å². The van der Waals surface area contributed by atoms with Gasteiger partial charge in [-0.25, -0.2) is 17.2 Å². The van der Waals surface area contributed by atoms with Gasteiger partial charge in [-0.15, -0.1) is 0 Å². The van der Waals surface area contributed by atoms with Crippen molar-refractivity contribution in [3.05, 3.63) is 76.4 Å². The maximum Gasteiger partial charge on any atom is 0.266 e. The van der Waals surface area contributed by atoms with Crippen LogP contribution in [0.15, 0.2) is 64.1 Å². The molecule has 0 bridgehead atoms. The van der Waals surface area contributed by atoms with Gasteiger partial charge >= 0.3 is 0 Å². The van der Waals surface area contributed by atoms with Crippen LogP contribution in [0.2, 0.25) is 0 Å². The largest absolute Gasteiger partial charge is 0.266 e. The maximum absolute atomic E-state index is 13.7. The molecule has 1 heterocycles. The molecular formula is C16H12BrF2N3O2S. The van der Waals surface area contributed by atoms with E-state index in [0.29, 0.717) is 12.6 Å². The fourth-order valence-corrected chi connectivity index (χ4v) is 3.49. The van der Waals surface area contributed by atoms with E-state index in [1.165, 1.54) is 6.07 Å². The van der Waals surface area contributed by atoms with Gasteiger partial charge in [0.15, 0.2) is 5.82 Å². The molecule has 0 aliphatic carbocycles. The zero-order valence-electron chi connectivity index (χ0n) is 12.7. The molecular weight excluding hydrogens is 416 g/mol. The van der Waals surface area contributed by atoms with Crippen LogP contribution >= 0.6 is 15.9 Å². The minimum atomic E-state index is -4.20. The first-order chi connectivity index (χ1) is 11.8. The van der Waals surface area contributed by atoms with Crippen LogP contribution in [0, 0.1) is 11.6 Å². The second-order valence-electron chi connectivity index (χ2n) is 5.21. The van der Waals surface area contributed by atoms with E-state index in [1.807, 2.05) is 24.3 Å². The van der Waals surface area contributed by atoms with Gasteiger partial charge in [-0.1, -0.05) is 28.1 Å². The minimum absolute atomic E-state index is 0.0424. The van der Waals surface area contributed by atoms with Gasteiger partial charge in [0.2, 0.25) is 0 Å². The summed E-state index contributed by atoms with van der Waals surface area (Å²) >= 11 is 3.35. The van der Waals surface area contributed by atoms with Crippen LogP contribution in [0.25, 0.3) is 0 Å². The number of halogens is 3. The Bertz CT molecular complexity index is 1000. The van der Waals surface area contributed by atoms with Crippen LogP contribution in [0.5, 0.6) is 0 Å². The first-order valence-electron chi connectivity index (χ1n) is 7.09. The van der Waals surface area contributed by atoms with Gasteiger partial charge in [0, 0.05) is 22.8 Å². The lowest BCUT2D eigenvalue weighted by Gasteiger charge is -2.07. The molecule has 0 aliphatic heterocycles. The number of nitrogens with zero attached hydrogens (tertiary/aromatic N) is 2. The molecule has 130 valence electrons. The highest BCUT2D eigenvalue weighted by Crippen LogP contribution is 2.19. The quantitative estimate of drug-likeness (QED) is 0.673. The number of aromatic nitrogens is 2. The molecule has 25 heavy (non-hydrogen) atoms. The van der Waals surface area contributed by atoms with Gasteiger partial charge in [0.1, 0.15) is 16.5 Å². The van der Waals surface area contributed by atoms with Crippen molar-refractivity contribution >= 4 is 31.8 Å². The lowest BCUT2D eigenvalue weighted by Crippen LogP contribution is -2.15. The minimum Gasteiger partial charge on any atom is -0.266 e. The molecule has 0 amide bonds. The van der Waals surface area contributed by atoms with Gasteiger partial charge in [-0.3, -0.25) is 9.40 Å². The van der Waals surface area contributed by atoms with Crippen molar-refractivity contribution in [1.82, 2.24) is 9.78 Å². The maximum atomic E-state index is 13.7. The van der Waals surface area contributed by atoms with Crippen LogP contribution in [-0.2, 0) is 16.6 Å². The molecule has 1 N–H and O–H groups in total. The van der Waals surface area contributed by atoms with Crippen molar-refractivity contribution in [1.29, 1.82) is 0 Å². The summed E-state index contributed by atoms with van der Waals surface area (Å²) in [6.07, 6.45) is 1.60. The molecule has 0 atom stereocenters. The zero-order valence-corrected chi connectivity index (χ0v) is 15.1. The van der Waals surface area contributed by atoms with Gasteiger partial charge in [0.05, 0.1) is 6.54 Å². The van der Waals surface area contributed by atoms with Gasteiger partial charge < -0.3 is 0 Å². The third kappa shape index (κ3) is 4.23. The number of hydrogen-bond acceptors (Lipinski definition) is 3. The molecule has 0 unspecified atom stereocenters. The number of benzene rings is 2. The molecule has 3 aromatic rings. The summed E-state index contributed by atoms with van der Waals surface area (Å²) in [6, 6.07) is 11.3. The smallest absolute Gasteiger partial charge is 0.266 e. The highest BCUT2D eigenvalue weighted by molar-refractivity contribution is 9.10. The summed E-state index contributed by atoms with van der Waals surface area (Å²) in [5.41, 5.74) is 0.977. The molecule has 0 fully saturated rings. The Labute approximate surface area is 151 Å². The zero-order chi connectivity index (χ0) is 18.0. The Morgan fingerprint density at radius 1 is 1.08 bits per heavy atom. The molecule has 9 heteroatoms. The molecule has 2 aromatic carbocycles. The summed E-state index contributed by atoms with van der Waals surface area (Å²) in [5.74, 6) is -1.97. The number of sulfonamides is 1. The Morgan fingerprint density at radius 3 is 2.48 bits per heavy atom. The van der Waals surface area contributed by atoms with Crippen molar-refractivity contribution in [2.45, 2.75) is 11.4 Å². The van der Waals surface area contributed by atoms with Crippen molar-refractivity contribution in [3.8, 4) is 0 Å². The van der Waals surface area contributed by atoms with E-state index in [2.05, 4.69) is 25.8 Å². The number of nitrogens with one attached hydrogen (secondary N) is 1. The van der Waals surface area contributed by atoms with Gasteiger partial charge in [0.25, 0.3) is 10.0 Å².